The highest BCUT2D eigenvalue weighted by Crippen LogP contribution is 2.32. The minimum absolute atomic E-state index is 0.199. The third-order valence-corrected chi connectivity index (χ3v) is 5.98. The van der Waals surface area contributed by atoms with Crippen molar-refractivity contribution in [2.75, 3.05) is 32.8 Å². The summed E-state index contributed by atoms with van der Waals surface area (Å²) >= 11 is 6.18. The number of aliphatic imine (C=N–C) groups is 1. The largest absolute Gasteiger partial charge is 0.465 e. The predicted molar refractivity (Wildman–Crippen MR) is 123 cm³/mol. The Labute approximate surface area is 193 Å². The first-order chi connectivity index (χ1) is 15.5. The van der Waals surface area contributed by atoms with Crippen LogP contribution in [0.5, 0.6) is 0 Å². The average molecular weight is 455 g/mol. The quantitative estimate of drug-likeness (QED) is 0.555. The van der Waals surface area contributed by atoms with Gasteiger partial charge in [-0.15, -0.1) is 0 Å². The van der Waals surface area contributed by atoms with Crippen molar-refractivity contribution in [3.8, 4) is 0 Å². The summed E-state index contributed by atoms with van der Waals surface area (Å²) in [6.07, 6.45) is 0. The lowest BCUT2D eigenvalue weighted by molar-refractivity contribution is -0.153. The topological polar surface area (TPSA) is 74.2 Å². The number of halogens is 1. The van der Waals surface area contributed by atoms with E-state index in [1.807, 2.05) is 24.3 Å². The minimum Gasteiger partial charge on any atom is -0.465 e. The van der Waals surface area contributed by atoms with Crippen molar-refractivity contribution >= 4 is 29.4 Å². The van der Waals surface area contributed by atoms with Crippen LogP contribution in [0.1, 0.15) is 24.1 Å². The molecule has 1 amide bonds. The molecular weight excluding hydrogens is 428 g/mol. The number of rotatable bonds is 5. The Morgan fingerprint density at radius 3 is 2.56 bits per heavy atom. The minimum atomic E-state index is -1.04. The number of piperazine rings is 1. The van der Waals surface area contributed by atoms with Gasteiger partial charge in [-0.3, -0.25) is 19.8 Å². The summed E-state index contributed by atoms with van der Waals surface area (Å²) in [6.45, 7) is 5.99. The first-order valence-corrected chi connectivity index (χ1v) is 11.2. The van der Waals surface area contributed by atoms with Gasteiger partial charge in [0.15, 0.2) is 5.92 Å². The van der Waals surface area contributed by atoms with Gasteiger partial charge in [-0.1, -0.05) is 54.1 Å². The molecule has 1 saturated heterocycles. The van der Waals surface area contributed by atoms with Crippen LogP contribution in [0.4, 0.5) is 0 Å². The van der Waals surface area contributed by atoms with Crippen molar-refractivity contribution in [2.45, 2.75) is 19.5 Å². The molecule has 4 rings (SSSR count). The standard InChI is InChI=1S/C24H27ClN4O3/c1-2-32-23(31)20-21(18-9-6-10-19(25)15-18)26-24(27-22(20)30)29-13-11-28(12-14-29)16-17-7-4-3-5-8-17/h3-10,15,20-21H,2,11-14,16H2,1H3,(H,26,27,30)/t20-,21-/m0/s1. The summed E-state index contributed by atoms with van der Waals surface area (Å²) in [7, 11) is 0. The fourth-order valence-electron chi connectivity index (χ4n) is 4.12. The number of ether oxygens (including phenoxy) is 1. The molecule has 8 heteroatoms. The normalized spacial score (nSPS) is 21.6. The zero-order valence-electron chi connectivity index (χ0n) is 18.0. The molecule has 7 nitrogen and oxygen atoms in total. The number of amides is 1. The molecule has 168 valence electrons. The van der Waals surface area contributed by atoms with Crippen LogP contribution in [0.25, 0.3) is 0 Å². The van der Waals surface area contributed by atoms with Gasteiger partial charge in [0.2, 0.25) is 11.9 Å². The summed E-state index contributed by atoms with van der Waals surface area (Å²) in [6, 6.07) is 16.8. The number of hydrogen-bond donors (Lipinski definition) is 1. The van der Waals surface area contributed by atoms with Gasteiger partial charge in [0.25, 0.3) is 0 Å². The summed E-state index contributed by atoms with van der Waals surface area (Å²) < 4.78 is 5.16. The Hall–Kier alpha value is -2.90. The van der Waals surface area contributed by atoms with Gasteiger partial charge in [0.05, 0.1) is 6.61 Å². The SMILES string of the molecule is CCOC(=O)[C@@H]1C(=O)NC(N2CCN(Cc3ccccc3)CC2)=N[C@H]1c1cccc(Cl)c1. The molecule has 0 bridgehead atoms. The summed E-state index contributed by atoms with van der Waals surface area (Å²) in [4.78, 5) is 34.8. The molecule has 0 aromatic heterocycles. The van der Waals surface area contributed by atoms with E-state index in [2.05, 4.69) is 27.2 Å². The fraction of sp³-hybridized carbons (Fsp3) is 0.375. The lowest BCUT2D eigenvalue weighted by atomic mass is 9.91. The van der Waals surface area contributed by atoms with Crippen LogP contribution in [0.2, 0.25) is 5.02 Å². The molecular formula is C24H27ClN4O3. The lowest BCUT2D eigenvalue weighted by Gasteiger charge is -2.39. The third-order valence-electron chi connectivity index (χ3n) is 5.75. The number of guanidine groups is 1. The Morgan fingerprint density at radius 2 is 1.88 bits per heavy atom. The van der Waals surface area contributed by atoms with Crippen molar-refractivity contribution < 1.29 is 14.3 Å². The average Bonchev–Trinajstić information content (AvgIpc) is 2.80. The second kappa shape index (κ2) is 10.1. The zero-order chi connectivity index (χ0) is 22.5. The molecule has 2 aliphatic heterocycles. The molecule has 2 aliphatic rings. The highest BCUT2D eigenvalue weighted by atomic mass is 35.5. The van der Waals surface area contributed by atoms with E-state index in [-0.39, 0.29) is 6.61 Å². The van der Waals surface area contributed by atoms with E-state index < -0.39 is 23.8 Å². The van der Waals surface area contributed by atoms with Crippen LogP contribution in [-0.2, 0) is 20.9 Å². The van der Waals surface area contributed by atoms with Crippen molar-refractivity contribution in [3.05, 3.63) is 70.7 Å². The molecule has 2 aromatic rings. The highest BCUT2D eigenvalue weighted by Gasteiger charge is 2.42. The molecule has 0 saturated carbocycles. The maximum atomic E-state index is 13.0. The monoisotopic (exact) mass is 454 g/mol. The second-order valence-corrected chi connectivity index (χ2v) is 8.36. The van der Waals surface area contributed by atoms with Crippen LogP contribution < -0.4 is 5.32 Å². The molecule has 0 spiro atoms. The van der Waals surface area contributed by atoms with E-state index in [0.717, 1.165) is 32.7 Å². The Balaban J connectivity index is 1.51. The molecule has 2 heterocycles. The third kappa shape index (κ3) is 5.11. The summed E-state index contributed by atoms with van der Waals surface area (Å²) in [5.74, 6) is -1.52. The first-order valence-electron chi connectivity index (χ1n) is 10.9. The molecule has 2 atom stereocenters. The van der Waals surface area contributed by atoms with E-state index in [1.54, 1.807) is 25.1 Å². The Bertz CT molecular complexity index is 990. The van der Waals surface area contributed by atoms with Gasteiger partial charge < -0.3 is 9.64 Å². The van der Waals surface area contributed by atoms with Crippen molar-refractivity contribution in [1.82, 2.24) is 15.1 Å². The van der Waals surface area contributed by atoms with Gasteiger partial charge in [-0.05, 0) is 30.2 Å². The molecule has 2 aromatic carbocycles. The predicted octanol–water partition coefficient (Wildman–Crippen LogP) is 2.86. The van der Waals surface area contributed by atoms with Crippen LogP contribution >= 0.6 is 11.6 Å². The molecule has 0 aliphatic carbocycles. The maximum absolute atomic E-state index is 13.0. The van der Waals surface area contributed by atoms with E-state index in [1.165, 1.54) is 5.56 Å². The van der Waals surface area contributed by atoms with E-state index in [4.69, 9.17) is 21.3 Å². The number of nitrogens with zero attached hydrogens (tertiary/aromatic N) is 3. The molecule has 0 radical (unpaired) electrons. The van der Waals surface area contributed by atoms with Crippen molar-refractivity contribution in [2.24, 2.45) is 10.9 Å². The maximum Gasteiger partial charge on any atom is 0.321 e. The zero-order valence-corrected chi connectivity index (χ0v) is 18.8. The first kappa shape index (κ1) is 22.3. The molecule has 32 heavy (non-hydrogen) atoms. The van der Waals surface area contributed by atoms with Gasteiger partial charge in [-0.2, -0.15) is 0 Å². The molecule has 0 unspecified atom stereocenters. The fourth-order valence-corrected chi connectivity index (χ4v) is 4.31. The van der Waals surface area contributed by atoms with Gasteiger partial charge in [0.1, 0.15) is 6.04 Å². The number of benzene rings is 2. The number of hydrogen-bond acceptors (Lipinski definition) is 6. The Kier molecular flexibility index (Phi) is 7.07. The Morgan fingerprint density at radius 1 is 1.12 bits per heavy atom. The van der Waals surface area contributed by atoms with E-state index in [9.17, 15) is 9.59 Å². The number of nitrogens with one attached hydrogen (secondary N) is 1. The molecule has 1 N–H and O–H groups in total. The number of carbonyl (C=O) groups excluding carboxylic acids is 2. The van der Waals surface area contributed by atoms with Crippen LogP contribution in [-0.4, -0.2) is 60.4 Å². The summed E-state index contributed by atoms with van der Waals surface area (Å²) in [5, 5.41) is 3.37. The van der Waals surface area contributed by atoms with Crippen molar-refractivity contribution in [1.29, 1.82) is 0 Å². The van der Waals surface area contributed by atoms with Crippen LogP contribution in [0.15, 0.2) is 59.6 Å². The lowest BCUT2D eigenvalue weighted by Crippen LogP contribution is -2.57. The van der Waals surface area contributed by atoms with Crippen LogP contribution in [0, 0.1) is 5.92 Å². The number of carbonyl (C=O) groups is 2. The smallest absolute Gasteiger partial charge is 0.321 e. The van der Waals surface area contributed by atoms with E-state index >= 15 is 0 Å². The van der Waals surface area contributed by atoms with Crippen LogP contribution in [0.3, 0.4) is 0 Å². The summed E-state index contributed by atoms with van der Waals surface area (Å²) in [5.41, 5.74) is 1.99. The van der Waals surface area contributed by atoms with E-state index in [0.29, 0.717) is 16.5 Å². The number of esters is 1. The molecule has 1 fully saturated rings. The highest BCUT2D eigenvalue weighted by molar-refractivity contribution is 6.30. The van der Waals surface area contributed by atoms with Gasteiger partial charge in [0, 0.05) is 37.7 Å². The van der Waals surface area contributed by atoms with Crippen molar-refractivity contribution in [3.63, 3.8) is 0 Å². The van der Waals surface area contributed by atoms with Gasteiger partial charge >= 0.3 is 5.97 Å². The van der Waals surface area contributed by atoms with Gasteiger partial charge in [-0.25, -0.2) is 4.99 Å². The second-order valence-electron chi connectivity index (χ2n) is 7.92.